The molecule has 134 valence electrons. The van der Waals surface area contributed by atoms with Crippen LogP contribution in [0.4, 0.5) is 9.18 Å². The molecular weight excluding hydrogens is 349 g/mol. The van der Waals surface area contributed by atoms with Crippen LogP contribution in [0, 0.1) is 5.82 Å². The number of likely N-dealkylation sites (tertiary alicyclic amines) is 1. The van der Waals surface area contributed by atoms with Crippen molar-refractivity contribution in [2.75, 3.05) is 13.1 Å². The van der Waals surface area contributed by atoms with Gasteiger partial charge in [-0.25, -0.2) is 9.18 Å². The highest BCUT2D eigenvalue weighted by atomic mass is 35.5. The van der Waals surface area contributed by atoms with Crippen LogP contribution < -0.4 is 10.6 Å². The molecule has 0 aromatic heterocycles. The Hall–Kier alpha value is -2.15. The number of carbonyl (C=O) groups excluding carboxylic acids is 3. The molecule has 25 heavy (non-hydrogen) atoms. The predicted molar refractivity (Wildman–Crippen MR) is 89.7 cm³/mol. The number of benzene rings is 1. The molecule has 8 heteroatoms. The molecule has 1 aromatic carbocycles. The van der Waals surface area contributed by atoms with Gasteiger partial charge >= 0.3 is 6.03 Å². The van der Waals surface area contributed by atoms with Crippen molar-refractivity contribution < 1.29 is 18.8 Å². The summed E-state index contributed by atoms with van der Waals surface area (Å²) in [5.74, 6) is -0.638. The van der Waals surface area contributed by atoms with Crippen LogP contribution in [0.15, 0.2) is 18.2 Å². The fraction of sp³-hybridized carbons (Fsp3) is 0.471. The lowest BCUT2D eigenvalue weighted by Gasteiger charge is -2.32. The number of nitrogens with one attached hydrogen (secondary N) is 2. The lowest BCUT2D eigenvalue weighted by atomic mass is 9.89. The van der Waals surface area contributed by atoms with Crippen molar-refractivity contribution in [1.82, 2.24) is 15.5 Å². The van der Waals surface area contributed by atoms with Gasteiger partial charge in [0.05, 0.1) is 5.02 Å². The molecule has 0 aliphatic carbocycles. The lowest BCUT2D eigenvalue weighted by molar-refractivity contribution is -0.132. The van der Waals surface area contributed by atoms with Crippen molar-refractivity contribution in [2.24, 2.45) is 0 Å². The van der Waals surface area contributed by atoms with E-state index in [1.54, 1.807) is 11.0 Å². The standard InChI is InChI=1S/C17H19ClFN3O3/c18-12-2-1-11(9-13(12)19)10-5-7-22(8-6-10)15(23)4-3-14-16(24)21-17(25)20-14/h1-2,9-10,14H,3-8H2,(H2,20,21,24,25)/t14-/m1/s1. The van der Waals surface area contributed by atoms with E-state index in [9.17, 15) is 18.8 Å². The third-order valence-electron chi connectivity index (χ3n) is 4.77. The molecular formula is C17H19ClFN3O3. The van der Waals surface area contributed by atoms with Gasteiger partial charge in [0, 0.05) is 19.5 Å². The molecule has 6 nitrogen and oxygen atoms in total. The van der Waals surface area contributed by atoms with Crippen molar-refractivity contribution >= 4 is 29.4 Å². The molecule has 0 saturated carbocycles. The second-order valence-electron chi connectivity index (χ2n) is 6.38. The smallest absolute Gasteiger partial charge is 0.322 e. The van der Waals surface area contributed by atoms with Gasteiger partial charge in [0.15, 0.2) is 0 Å². The number of urea groups is 1. The average Bonchev–Trinajstić information content (AvgIpc) is 2.93. The number of piperidine rings is 1. The van der Waals surface area contributed by atoms with Crippen LogP contribution in [0.1, 0.15) is 37.2 Å². The molecule has 1 aromatic rings. The van der Waals surface area contributed by atoms with Gasteiger partial charge < -0.3 is 10.2 Å². The average molecular weight is 368 g/mol. The maximum absolute atomic E-state index is 13.6. The minimum atomic E-state index is -0.633. The normalized spacial score (nSPS) is 21.2. The van der Waals surface area contributed by atoms with Gasteiger partial charge in [-0.05, 0) is 42.9 Å². The molecule has 0 unspecified atom stereocenters. The van der Waals surface area contributed by atoms with Gasteiger partial charge in [0.1, 0.15) is 11.9 Å². The highest BCUT2D eigenvalue weighted by molar-refractivity contribution is 6.30. The zero-order chi connectivity index (χ0) is 18.0. The van der Waals surface area contributed by atoms with Crippen LogP contribution in [0.5, 0.6) is 0 Å². The van der Waals surface area contributed by atoms with Crippen LogP contribution in [-0.2, 0) is 9.59 Å². The Bertz CT molecular complexity index is 704. The Labute approximate surface area is 149 Å². The van der Waals surface area contributed by atoms with Gasteiger partial charge in [-0.1, -0.05) is 17.7 Å². The van der Waals surface area contributed by atoms with Crippen molar-refractivity contribution in [1.29, 1.82) is 0 Å². The van der Waals surface area contributed by atoms with Gasteiger partial charge in [-0.2, -0.15) is 0 Å². The molecule has 3 rings (SSSR count). The van der Waals surface area contributed by atoms with Crippen molar-refractivity contribution in [3.05, 3.63) is 34.6 Å². The Morgan fingerprint density at radius 1 is 1.28 bits per heavy atom. The lowest BCUT2D eigenvalue weighted by Crippen LogP contribution is -2.39. The van der Waals surface area contributed by atoms with E-state index in [0.29, 0.717) is 19.5 Å². The molecule has 2 aliphatic heterocycles. The largest absolute Gasteiger partial charge is 0.343 e. The fourth-order valence-corrected chi connectivity index (χ4v) is 3.43. The van der Waals surface area contributed by atoms with Crippen LogP contribution >= 0.6 is 11.6 Å². The highest BCUT2D eigenvalue weighted by Crippen LogP contribution is 2.30. The molecule has 1 atom stereocenters. The number of hydrogen-bond donors (Lipinski definition) is 2. The van der Waals surface area contributed by atoms with Crippen molar-refractivity contribution in [2.45, 2.75) is 37.6 Å². The second kappa shape index (κ2) is 7.39. The number of rotatable bonds is 4. The monoisotopic (exact) mass is 367 g/mol. The molecule has 2 aliphatic rings. The Morgan fingerprint density at radius 3 is 2.60 bits per heavy atom. The van der Waals surface area contributed by atoms with E-state index in [0.717, 1.165) is 18.4 Å². The Kier molecular flexibility index (Phi) is 5.22. The third-order valence-corrected chi connectivity index (χ3v) is 5.07. The number of halogens is 2. The zero-order valence-corrected chi connectivity index (χ0v) is 14.3. The number of amides is 4. The molecule has 2 N–H and O–H groups in total. The molecule has 0 spiro atoms. The first-order valence-electron chi connectivity index (χ1n) is 8.28. The summed E-state index contributed by atoms with van der Waals surface area (Å²) in [4.78, 5) is 36.6. The molecule has 0 radical (unpaired) electrons. The number of imide groups is 1. The van der Waals surface area contributed by atoms with Gasteiger partial charge in [0.25, 0.3) is 5.91 Å². The fourth-order valence-electron chi connectivity index (χ4n) is 3.32. The van der Waals surface area contributed by atoms with Crippen LogP contribution in [0.25, 0.3) is 0 Å². The zero-order valence-electron chi connectivity index (χ0n) is 13.6. The van der Waals surface area contributed by atoms with Crippen LogP contribution in [0.3, 0.4) is 0 Å². The number of hydrogen-bond acceptors (Lipinski definition) is 3. The summed E-state index contributed by atoms with van der Waals surface area (Å²) in [6.45, 7) is 1.19. The summed E-state index contributed by atoms with van der Waals surface area (Å²) in [6, 6.07) is 3.70. The summed E-state index contributed by atoms with van der Waals surface area (Å²) in [7, 11) is 0. The van der Waals surface area contributed by atoms with E-state index < -0.39 is 17.9 Å². The van der Waals surface area contributed by atoms with Crippen molar-refractivity contribution in [3.63, 3.8) is 0 Å². The summed E-state index contributed by atoms with van der Waals surface area (Å²) >= 11 is 5.71. The summed E-state index contributed by atoms with van der Waals surface area (Å²) in [6.07, 6.45) is 2.01. The summed E-state index contributed by atoms with van der Waals surface area (Å²) in [5, 5.41) is 4.74. The predicted octanol–water partition coefficient (Wildman–Crippen LogP) is 2.17. The first kappa shape index (κ1) is 17.7. The minimum Gasteiger partial charge on any atom is -0.343 e. The van der Waals surface area contributed by atoms with Gasteiger partial charge in [-0.3, -0.25) is 14.9 Å². The maximum Gasteiger partial charge on any atom is 0.322 e. The number of carbonyl (C=O) groups is 3. The van der Waals surface area contributed by atoms with Crippen LogP contribution in [0.2, 0.25) is 5.02 Å². The topological polar surface area (TPSA) is 78.5 Å². The summed E-state index contributed by atoms with van der Waals surface area (Å²) < 4.78 is 13.6. The Balaban J connectivity index is 1.48. The quantitative estimate of drug-likeness (QED) is 0.800. The van der Waals surface area contributed by atoms with E-state index in [1.165, 1.54) is 6.07 Å². The first-order chi connectivity index (χ1) is 11.9. The van der Waals surface area contributed by atoms with E-state index in [2.05, 4.69) is 10.6 Å². The molecule has 4 amide bonds. The third kappa shape index (κ3) is 4.10. The Morgan fingerprint density at radius 2 is 2.00 bits per heavy atom. The SMILES string of the molecule is O=C1NC(=O)[C@@H](CCC(=O)N2CCC(c3ccc(Cl)c(F)c3)CC2)N1. The summed E-state index contributed by atoms with van der Waals surface area (Å²) in [5.41, 5.74) is 0.902. The molecule has 2 saturated heterocycles. The van der Waals surface area contributed by atoms with Crippen molar-refractivity contribution in [3.8, 4) is 0 Å². The van der Waals surface area contributed by atoms with Crippen LogP contribution in [-0.4, -0.2) is 41.9 Å². The molecule has 0 bridgehead atoms. The van der Waals surface area contributed by atoms with Gasteiger partial charge in [0.2, 0.25) is 5.91 Å². The van der Waals surface area contributed by atoms with E-state index in [1.807, 2.05) is 6.07 Å². The van der Waals surface area contributed by atoms with Gasteiger partial charge in [-0.15, -0.1) is 0 Å². The van der Waals surface area contributed by atoms with E-state index >= 15 is 0 Å². The van der Waals surface area contributed by atoms with E-state index in [-0.39, 0.29) is 29.2 Å². The first-order valence-corrected chi connectivity index (χ1v) is 8.66. The molecule has 2 heterocycles. The second-order valence-corrected chi connectivity index (χ2v) is 6.79. The highest BCUT2D eigenvalue weighted by Gasteiger charge is 2.31. The molecule has 2 fully saturated rings. The maximum atomic E-state index is 13.6. The van der Waals surface area contributed by atoms with E-state index in [4.69, 9.17) is 11.6 Å². The number of nitrogens with zero attached hydrogens (tertiary/aromatic N) is 1. The minimum absolute atomic E-state index is 0.0327.